The zero-order chi connectivity index (χ0) is 20.1. The SMILES string of the molecule is CCNC(=NCC(=O)Nc1cccc(F)c1)NC(C)CCCN(CC)CC.I. The number of benzene rings is 1. The Labute approximate surface area is 185 Å². The van der Waals surface area contributed by atoms with E-state index in [4.69, 9.17) is 0 Å². The number of carbonyl (C=O) groups is 1. The van der Waals surface area contributed by atoms with Crippen molar-refractivity contribution in [2.24, 2.45) is 4.99 Å². The molecule has 6 nitrogen and oxygen atoms in total. The summed E-state index contributed by atoms with van der Waals surface area (Å²) in [6, 6.07) is 6.07. The van der Waals surface area contributed by atoms with Crippen molar-refractivity contribution in [2.75, 3.05) is 38.0 Å². The predicted octanol–water partition coefficient (Wildman–Crippen LogP) is 3.45. The molecule has 1 aromatic carbocycles. The summed E-state index contributed by atoms with van der Waals surface area (Å²) >= 11 is 0. The molecule has 0 radical (unpaired) electrons. The molecule has 1 amide bonds. The van der Waals surface area contributed by atoms with Crippen molar-refractivity contribution in [3.63, 3.8) is 0 Å². The molecule has 1 unspecified atom stereocenters. The molecule has 8 heteroatoms. The van der Waals surface area contributed by atoms with Crippen LogP contribution >= 0.6 is 24.0 Å². The van der Waals surface area contributed by atoms with Crippen LogP contribution in [-0.4, -0.2) is 55.5 Å². The quantitative estimate of drug-likeness (QED) is 0.244. The van der Waals surface area contributed by atoms with Gasteiger partial charge >= 0.3 is 0 Å². The van der Waals surface area contributed by atoms with Gasteiger partial charge in [0.05, 0.1) is 0 Å². The second kappa shape index (κ2) is 15.5. The van der Waals surface area contributed by atoms with Gasteiger partial charge in [-0.05, 0) is 64.5 Å². The second-order valence-electron chi connectivity index (χ2n) is 6.47. The Kier molecular flexibility index (Phi) is 14.7. The van der Waals surface area contributed by atoms with E-state index >= 15 is 0 Å². The molecule has 0 aliphatic heterocycles. The van der Waals surface area contributed by atoms with Gasteiger partial charge in [0.25, 0.3) is 0 Å². The van der Waals surface area contributed by atoms with Crippen molar-refractivity contribution in [3.8, 4) is 0 Å². The fraction of sp³-hybridized carbons (Fsp3) is 0.600. The highest BCUT2D eigenvalue weighted by molar-refractivity contribution is 14.0. The number of amides is 1. The predicted molar refractivity (Wildman–Crippen MR) is 126 cm³/mol. The number of nitrogens with one attached hydrogen (secondary N) is 3. The van der Waals surface area contributed by atoms with Crippen LogP contribution in [0.5, 0.6) is 0 Å². The number of halogens is 2. The summed E-state index contributed by atoms with van der Waals surface area (Å²) in [5, 5.41) is 9.13. The molecule has 3 N–H and O–H groups in total. The number of anilines is 1. The van der Waals surface area contributed by atoms with Crippen molar-refractivity contribution < 1.29 is 9.18 Å². The fourth-order valence-corrected chi connectivity index (χ4v) is 2.70. The third-order valence-electron chi connectivity index (χ3n) is 4.22. The van der Waals surface area contributed by atoms with Crippen molar-refractivity contribution in [1.29, 1.82) is 0 Å². The molecule has 0 aromatic heterocycles. The molecule has 0 aliphatic rings. The average molecular weight is 507 g/mol. The van der Waals surface area contributed by atoms with E-state index in [2.05, 4.69) is 46.6 Å². The van der Waals surface area contributed by atoms with Crippen LogP contribution < -0.4 is 16.0 Å². The number of hydrogen-bond acceptors (Lipinski definition) is 3. The van der Waals surface area contributed by atoms with E-state index in [9.17, 15) is 9.18 Å². The first-order valence-corrected chi connectivity index (χ1v) is 9.81. The maximum absolute atomic E-state index is 13.2. The minimum Gasteiger partial charge on any atom is -0.357 e. The number of hydrogen-bond donors (Lipinski definition) is 3. The normalized spacial score (nSPS) is 12.3. The molecule has 1 atom stereocenters. The molecule has 28 heavy (non-hydrogen) atoms. The summed E-state index contributed by atoms with van der Waals surface area (Å²) in [4.78, 5) is 18.8. The molecule has 0 saturated heterocycles. The third-order valence-corrected chi connectivity index (χ3v) is 4.22. The lowest BCUT2D eigenvalue weighted by atomic mass is 10.2. The molecule has 0 fully saturated rings. The van der Waals surface area contributed by atoms with Crippen LogP contribution in [0.4, 0.5) is 10.1 Å². The minimum absolute atomic E-state index is 0. The van der Waals surface area contributed by atoms with E-state index in [1.807, 2.05) is 6.92 Å². The first kappa shape index (κ1) is 26.6. The van der Waals surface area contributed by atoms with E-state index < -0.39 is 0 Å². The molecule has 0 spiro atoms. The highest BCUT2D eigenvalue weighted by Crippen LogP contribution is 2.08. The van der Waals surface area contributed by atoms with Crippen molar-refractivity contribution in [1.82, 2.24) is 15.5 Å². The monoisotopic (exact) mass is 507 g/mol. The molecule has 1 rings (SSSR count). The summed E-state index contributed by atoms with van der Waals surface area (Å²) < 4.78 is 13.2. The summed E-state index contributed by atoms with van der Waals surface area (Å²) in [6.07, 6.45) is 2.13. The Hall–Kier alpha value is -1.42. The van der Waals surface area contributed by atoms with Gasteiger partial charge in [-0.25, -0.2) is 9.38 Å². The smallest absolute Gasteiger partial charge is 0.246 e. The van der Waals surface area contributed by atoms with Gasteiger partial charge in [0.2, 0.25) is 5.91 Å². The molecular weight excluding hydrogens is 472 g/mol. The van der Waals surface area contributed by atoms with E-state index in [0.717, 1.165) is 32.5 Å². The lowest BCUT2D eigenvalue weighted by Gasteiger charge is -2.21. The van der Waals surface area contributed by atoms with Gasteiger partial charge in [-0.3, -0.25) is 4.79 Å². The Morgan fingerprint density at radius 2 is 1.96 bits per heavy atom. The number of aliphatic imine (C=N–C) groups is 1. The van der Waals surface area contributed by atoms with Gasteiger partial charge in [0.15, 0.2) is 5.96 Å². The van der Waals surface area contributed by atoms with Crippen LogP contribution in [0.2, 0.25) is 0 Å². The van der Waals surface area contributed by atoms with Crippen molar-refractivity contribution in [2.45, 2.75) is 46.6 Å². The van der Waals surface area contributed by atoms with E-state index in [-0.39, 0.29) is 48.3 Å². The molecule has 160 valence electrons. The van der Waals surface area contributed by atoms with Crippen LogP contribution in [-0.2, 0) is 4.79 Å². The highest BCUT2D eigenvalue weighted by atomic mass is 127. The van der Waals surface area contributed by atoms with Gasteiger partial charge in [-0.15, -0.1) is 24.0 Å². The summed E-state index contributed by atoms with van der Waals surface area (Å²) in [6.45, 7) is 12.4. The fourth-order valence-electron chi connectivity index (χ4n) is 2.70. The lowest BCUT2D eigenvalue weighted by molar-refractivity contribution is -0.114. The minimum atomic E-state index is -0.384. The summed E-state index contributed by atoms with van der Waals surface area (Å²) in [7, 11) is 0. The lowest BCUT2D eigenvalue weighted by Crippen LogP contribution is -2.43. The topological polar surface area (TPSA) is 68.8 Å². The van der Waals surface area contributed by atoms with E-state index in [0.29, 0.717) is 18.2 Å². The van der Waals surface area contributed by atoms with Gasteiger partial charge in [0.1, 0.15) is 12.4 Å². The zero-order valence-corrected chi connectivity index (χ0v) is 19.8. The Morgan fingerprint density at radius 1 is 1.25 bits per heavy atom. The number of carbonyl (C=O) groups excluding carboxylic acids is 1. The van der Waals surface area contributed by atoms with Crippen LogP contribution in [0.1, 0.15) is 40.5 Å². The first-order valence-electron chi connectivity index (χ1n) is 9.81. The van der Waals surface area contributed by atoms with Crippen molar-refractivity contribution >= 4 is 41.5 Å². The molecule has 1 aromatic rings. The molecule has 0 heterocycles. The van der Waals surface area contributed by atoms with Crippen LogP contribution in [0, 0.1) is 5.82 Å². The van der Waals surface area contributed by atoms with Gasteiger partial charge in [-0.2, -0.15) is 0 Å². The average Bonchev–Trinajstić information content (AvgIpc) is 2.63. The van der Waals surface area contributed by atoms with Crippen LogP contribution in [0.25, 0.3) is 0 Å². The van der Waals surface area contributed by atoms with Crippen LogP contribution in [0.3, 0.4) is 0 Å². The van der Waals surface area contributed by atoms with Gasteiger partial charge in [-0.1, -0.05) is 19.9 Å². The molecular formula is C20H35FIN5O. The first-order chi connectivity index (χ1) is 13.0. The Morgan fingerprint density at radius 3 is 2.57 bits per heavy atom. The highest BCUT2D eigenvalue weighted by Gasteiger charge is 2.08. The Bertz CT molecular complexity index is 596. The van der Waals surface area contributed by atoms with Gasteiger partial charge < -0.3 is 20.9 Å². The summed E-state index contributed by atoms with van der Waals surface area (Å²) in [5.41, 5.74) is 0.429. The molecule has 0 aliphatic carbocycles. The number of rotatable bonds is 11. The standard InChI is InChI=1S/C20H34FN5O.HI/c1-5-22-20(24-16(4)10-9-13-26(6-2)7-3)23-15-19(27)25-18-12-8-11-17(21)14-18;/h8,11-12,14,16H,5-7,9-10,13,15H2,1-4H3,(H,25,27)(H2,22,23,24);1H. The third kappa shape index (κ3) is 11.4. The molecule has 0 saturated carbocycles. The number of guanidine groups is 1. The van der Waals surface area contributed by atoms with E-state index in [1.54, 1.807) is 12.1 Å². The maximum Gasteiger partial charge on any atom is 0.246 e. The summed E-state index contributed by atoms with van der Waals surface area (Å²) in [5.74, 6) is -0.0564. The van der Waals surface area contributed by atoms with Crippen molar-refractivity contribution in [3.05, 3.63) is 30.1 Å². The molecule has 0 bridgehead atoms. The maximum atomic E-state index is 13.2. The second-order valence-corrected chi connectivity index (χ2v) is 6.47. The largest absolute Gasteiger partial charge is 0.357 e. The van der Waals surface area contributed by atoms with E-state index in [1.165, 1.54) is 12.1 Å². The Balaban J connectivity index is 0.00000729. The zero-order valence-electron chi connectivity index (χ0n) is 17.4. The van der Waals surface area contributed by atoms with Crippen LogP contribution in [0.15, 0.2) is 29.3 Å². The van der Waals surface area contributed by atoms with Gasteiger partial charge in [0, 0.05) is 18.3 Å². The number of nitrogens with zero attached hydrogens (tertiary/aromatic N) is 2.